The summed E-state index contributed by atoms with van der Waals surface area (Å²) in [5.74, 6) is 0.447. The van der Waals surface area contributed by atoms with E-state index in [-0.39, 0.29) is 12.0 Å². The van der Waals surface area contributed by atoms with E-state index in [2.05, 4.69) is 26.1 Å². The van der Waals surface area contributed by atoms with Crippen LogP contribution >= 0.6 is 0 Å². The van der Waals surface area contributed by atoms with Gasteiger partial charge in [0.1, 0.15) is 12.6 Å². The highest BCUT2D eigenvalue weighted by molar-refractivity contribution is 5.76. The zero-order valence-electron chi connectivity index (χ0n) is 9.38. The van der Waals surface area contributed by atoms with Crippen molar-refractivity contribution in [3.8, 4) is 0 Å². The van der Waals surface area contributed by atoms with Crippen LogP contribution < -0.4 is 5.32 Å². The van der Waals surface area contributed by atoms with E-state index in [1.807, 2.05) is 0 Å². The summed E-state index contributed by atoms with van der Waals surface area (Å²) >= 11 is 0. The fourth-order valence-corrected chi connectivity index (χ4v) is 1.64. The van der Waals surface area contributed by atoms with Crippen LogP contribution in [-0.2, 0) is 9.53 Å². The van der Waals surface area contributed by atoms with E-state index >= 15 is 0 Å². The smallest absolute Gasteiger partial charge is 0.323 e. The van der Waals surface area contributed by atoms with Gasteiger partial charge in [0.05, 0.1) is 0 Å². The van der Waals surface area contributed by atoms with Gasteiger partial charge in [-0.2, -0.15) is 0 Å². The summed E-state index contributed by atoms with van der Waals surface area (Å²) < 4.78 is 5.16. The van der Waals surface area contributed by atoms with Gasteiger partial charge in [-0.3, -0.25) is 10.1 Å². The Morgan fingerprint density at radius 2 is 2.29 bits per heavy atom. The van der Waals surface area contributed by atoms with Crippen molar-refractivity contribution < 1.29 is 9.53 Å². The molecule has 1 heterocycles. The Balaban J connectivity index is 2.42. The second-order valence-corrected chi connectivity index (χ2v) is 4.34. The first-order valence-corrected chi connectivity index (χ1v) is 5.57. The molecule has 14 heavy (non-hydrogen) atoms. The Kier molecular flexibility index (Phi) is 4.39. The van der Waals surface area contributed by atoms with Crippen molar-refractivity contribution in [3.63, 3.8) is 0 Å². The number of carbonyl (C=O) groups excluding carboxylic acids is 1. The minimum atomic E-state index is -0.0737. The Morgan fingerprint density at radius 3 is 2.86 bits per heavy atom. The van der Waals surface area contributed by atoms with Crippen LogP contribution in [-0.4, -0.2) is 24.7 Å². The fraction of sp³-hybridized carbons (Fsp3) is 0.909. The van der Waals surface area contributed by atoms with Gasteiger partial charge < -0.3 is 4.74 Å². The standard InChI is InChI=1S/C11H21NO2/c1-4-5-6-9-11(13)14-7-10(12-9)8(2)3/h8-10,12H,4-7H2,1-3H3/t9?,10-/m1/s1. The Bertz CT molecular complexity index is 192. The molecule has 3 heteroatoms. The minimum Gasteiger partial charge on any atom is -0.463 e. The minimum absolute atomic E-state index is 0.0731. The number of nitrogens with one attached hydrogen (secondary N) is 1. The van der Waals surface area contributed by atoms with Crippen molar-refractivity contribution in [2.75, 3.05) is 6.61 Å². The van der Waals surface area contributed by atoms with E-state index in [1.165, 1.54) is 0 Å². The summed E-state index contributed by atoms with van der Waals surface area (Å²) in [6.45, 7) is 6.95. The lowest BCUT2D eigenvalue weighted by atomic mass is 10.0. The largest absolute Gasteiger partial charge is 0.463 e. The maximum Gasteiger partial charge on any atom is 0.323 e. The number of esters is 1. The number of rotatable bonds is 4. The van der Waals surface area contributed by atoms with Crippen LogP contribution in [0.1, 0.15) is 40.0 Å². The third-order valence-electron chi connectivity index (χ3n) is 2.76. The molecule has 1 aliphatic heterocycles. The maximum atomic E-state index is 11.4. The van der Waals surface area contributed by atoms with Crippen molar-refractivity contribution in [1.29, 1.82) is 0 Å². The number of ether oxygens (including phenoxy) is 1. The Morgan fingerprint density at radius 1 is 1.57 bits per heavy atom. The van der Waals surface area contributed by atoms with E-state index < -0.39 is 0 Å². The van der Waals surface area contributed by atoms with Crippen molar-refractivity contribution in [1.82, 2.24) is 5.32 Å². The predicted molar refractivity (Wildman–Crippen MR) is 56.0 cm³/mol. The molecule has 0 radical (unpaired) electrons. The molecule has 0 aromatic carbocycles. The van der Waals surface area contributed by atoms with Gasteiger partial charge in [0, 0.05) is 6.04 Å². The molecule has 0 spiro atoms. The number of hydrogen-bond donors (Lipinski definition) is 1. The summed E-state index contributed by atoms with van der Waals surface area (Å²) in [4.78, 5) is 11.4. The summed E-state index contributed by atoms with van der Waals surface area (Å²) in [6.07, 6.45) is 3.11. The summed E-state index contributed by atoms with van der Waals surface area (Å²) in [5, 5.41) is 3.36. The average molecular weight is 199 g/mol. The van der Waals surface area contributed by atoms with E-state index in [9.17, 15) is 4.79 Å². The summed E-state index contributed by atoms with van der Waals surface area (Å²) in [5.41, 5.74) is 0. The normalized spacial score (nSPS) is 27.9. The lowest BCUT2D eigenvalue weighted by Gasteiger charge is -2.32. The molecule has 1 aliphatic rings. The second-order valence-electron chi connectivity index (χ2n) is 4.34. The van der Waals surface area contributed by atoms with Gasteiger partial charge in [0.15, 0.2) is 0 Å². The highest BCUT2D eigenvalue weighted by Gasteiger charge is 2.30. The number of hydrogen-bond acceptors (Lipinski definition) is 3. The Hall–Kier alpha value is -0.570. The van der Waals surface area contributed by atoms with Crippen molar-refractivity contribution in [2.24, 2.45) is 5.92 Å². The highest BCUT2D eigenvalue weighted by atomic mass is 16.5. The van der Waals surface area contributed by atoms with E-state index in [0.29, 0.717) is 18.6 Å². The van der Waals surface area contributed by atoms with Gasteiger partial charge in [0.2, 0.25) is 0 Å². The highest BCUT2D eigenvalue weighted by Crippen LogP contribution is 2.13. The molecule has 1 fully saturated rings. The first-order valence-electron chi connectivity index (χ1n) is 5.57. The van der Waals surface area contributed by atoms with Gasteiger partial charge in [-0.05, 0) is 12.3 Å². The average Bonchev–Trinajstić information content (AvgIpc) is 2.16. The SMILES string of the molecule is CCCCC1N[C@@H](C(C)C)COC1=O. The molecule has 1 saturated heterocycles. The molecule has 3 nitrogen and oxygen atoms in total. The molecular weight excluding hydrogens is 178 g/mol. The van der Waals surface area contributed by atoms with Crippen LogP contribution in [0.4, 0.5) is 0 Å². The second kappa shape index (κ2) is 5.35. The zero-order valence-corrected chi connectivity index (χ0v) is 9.38. The third-order valence-corrected chi connectivity index (χ3v) is 2.76. The number of cyclic esters (lactones) is 1. The summed E-state index contributed by atoms with van der Waals surface area (Å²) in [7, 11) is 0. The monoisotopic (exact) mass is 199 g/mol. The van der Waals surface area contributed by atoms with Crippen LogP contribution in [0.15, 0.2) is 0 Å². The molecule has 1 unspecified atom stereocenters. The molecule has 1 N–H and O–H groups in total. The van der Waals surface area contributed by atoms with Crippen molar-refractivity contribution in [3.05, 3.63) is 0 Å². The van der Waals surface area contributed by atoms with Gasteiger partial charge >= 0.3 is 5.97 Å². The van der Waals surface area contributed by atoms with Crippen LogP contribution in [0.3, 0.4) is 0 Å². The predicted octanol–water partition coefficient (Wildman–Crippen LogP) is 1.72. The molecule has 0 saturated carbocycles. The van der Waals surface area contributed by atoms with Gasteiger partial charge in [-0.15, -0.1) is 0 Å². The van der Waals surface area contributed by atoms with Gasteiger partial charge in [-0.25, -0.2) is 0 Å². The number of unbranched alkanes of at least 4 members (excludes halogenated alkanes) is 1. The van der Waals surface area contributed by atoms with Gasteiger partial charge in [-0.1, -0.05) is 33.6 Å². The molecule has 2 atom stereocenters. The topological polar surface area (TPSA) is 38.3 Å². The van der Waals surface area contributed by atoms with E-state index in [4.69, 9.17) is 4.74 Å². The first kappa shape index (κ1) is 11.5. The molecule has 0 aliphatic carbocycles. The molecule has 0 aromatic rings. The molecule has 1 rings (SSSR count). The quantitative estimate of drug-likeness (QED) is 0.701. The first-order chi connectivity index (χ1) is 6.65. The lowest BCUT2D eigenvalue weighted by Crippen LogP contribution is -2.53. The third kappa shape index (κ3) is 2.98. The Labute approximate surface area is 86.2 Å². The summed E-state index contributed by atoms with van der Waals surface area (Å²) in [6, 6.07) is 0.255. The van der Waals surface area contributed by atoms with Crippen LogP contribution in [0.2, 0.25) is 0 Å². The van der Waals surface area contributed by atoms with Crippen LogP contribution in [0.5, 0.6) is 0 Å². The molecule has 82 valence electrons. The van der Waals surface area contributed by atoms with Crippen LogP contribution in [0, 0.1) is 5.92 Å². The zero-order chi connectivity index (χ0) is 10.6. The van der Waals surface area contributed by atoms with Gasteiger partial charge in [0.25, 0.3) is 0 Å². The molecular formula is C11H21NO2. The van der Waals surface area contributed by atoms with Crippen molar-refractivity contribution >= 4 is 5.97 Å². The maximum absolute atomic E-state index is 11.4. The lowest BCUT2D eigenvalue weighted by molar-refractivity contribution is -0.152. The molecule has 0 aromatic heterocycles. The number of morpholine rings is 1. The number of carbonyl (C=O) groups is 1. The molecule has 0 bridgehead atoms. The van der Waals surface area contributed by atoms with Crippen molar-refractivity contribution in [2.45, 2.75) is 52.1 Å². The van der Waals surface area contributed by atoms with E-state index in [1.54, 1.807) is 0 Å². The van der Waals surface area contributed by atoms with Crippen LogP contribution in [0.25, 0.3) is 0 Å². The fourth-order valence-electron chi connectivity index (χ4n) is 1.64. The van der Waals surface area contributed by atoms with E-state index in [0.717, 1.165) is 19.3 Å². The molecule has 0 amide bonds.